The Morgan fingerprint density at radius 2 is 1.79 bits per heavy atom. The number of nitrogens with zero attached hydrogens (tertiary/aromatic N) is 1. The largest absolute Gasteiger partial charge is 0.465 e. The summed E-state index contributed by atoms with van der Waals surface area (Å²) in [7, 11) is 0. The number of urea groups is 1. The van der Waals surface area contributed by atoms with Crippen LogP contribution in [0.25, 0.3) is 0 Å². The number of unbranched alkanes of at least 4 members (excludes halogenated alkanes) is 1. The average molecular weight is 417 g/mol. The van der Waals surface area contributed by atoms with Crippen LogP contribution in [0, 0.1) is 0 Å². The van der Waals surface area contributed by atoms with Gasteiger partial charge in [0.2, 0.25) is 5.91 Å². The summed E-state index contributed by atoms with van der Waals surface area (Å²) < 4.78 is 43.1. The van der Waals surface area contributed by atoms with E-state index in [1.165, 1.54) is 12.1 Å². The molecule has 3 amide bonds. The number of amides is 3. The van der Waals surface area contributed by atoms with Crippen molar-refractivity contribution in [1.82, 2.24) is 10.2 Å². The zero-order valence-electron chi connectivity index (χ0n) is 16.4. The third-order valence-corrected chi connectivity index (χ3v) is 4.05. The molecule has 0 heterocycles. The minimum absolute atomic E-state index is 0.111. The molecule has 3 N–H and O–H groups in total. The lowest BCUT2D eigenvalue weighted by atomic mass is 10.1. The molecule has 162 valence electrons. The molecule has 10 heteroatoms. The molecule has 0 aliphatic carbocycles. The highest BCUT2D eigenvalue weighted by Crippen LogP contribution is 2.29. The molecular formula is C19H26F3N3O4. The smallest absolute Gasteiger partial charge is 0.416 e. The number of hydrogen-bond acceptors (Lipinski definition) is 4. The quantitative estimate of drug-likeness (QED) is 0.572. The minimum atomic E-state index is -4.48. The number of nitrogens with two attached hydrogens (primary N) is 1. The van der Waals surface area contributed by atoms with E-state index in [2.05, 4.69) is 5.32 Å². The fourth-order valence-electron chi connectivity index (χ4n) is 2.65. The first-order chi connectivity index (χ1) is 13.6. The number of hydrogen-bond donors (Lipinski definition) is 2. The molecule has 0 aromatic heterocycles. The van der Waals surface area contributed by atoms with Crippen molar-refractivity contribution in [2.75, 3.05) is 13.2 Å². The van der Waals surface area contributed by atoms with Crippen LogP contribution in [0.5, 0.6) is 0 Å². The summed E-state index contributed by atoms with van der Waals surface area (Å²) >= 11 is 0. The Morgan fingerprint density at radius 3 is 2.28 bits per heavy atom. The fraction of sp³-hybridized carbons (Fsp3) is 0.526. The molecule has 1 aromatic carbocycles. The van der Waals surface area contributed by atoms with Crippen molar-refractivity contribution < 1.29 is 32.3 Å². The maximum Gasteiger partial charge on any atom is 0.416 e. The normalized spacial score (nSPS) is 12.2. The van der Waals surface area contributed by atoms with E-state index in [1.807, 2.05) is 6.92 Å². The summed E-state index contributed by atoms with van der Waals surface area (Å²) in [5.74, 6) is -1.23. The van der Waals surface area contributed by atoms with Crippen molar-refractivity contribution in [2.45, 2.75) is 51.9 Å². The Labute approximate surface area is 167 Å². The number of alkyl halides is 3. The van der Waals surface area contributed by atoms with Crippen molar-refractivity contribution in [3.8, 4) is 0 Å². The Balaban J connectivity index is 3.06. The van der Waals surface area contributed by atoms with Gasteiger partial charge in [-0.05, 0) is 31.0 Å². The topological polar surface area (TPSA) is 102 Å². The van der Waals surface area contributed by atoms with Gasteiger partial charge in [0, 0.05) is 6.54 Å². The molecule has 7 nitrogen and oxygen atoms in total. The van der Waals surface area contributed by atoms with Crippen molar-refractivity contribution in [3.05, 3.63) is 35.4 Å². The van der Waals surface area contributed by atoms with Gasteiger partial charge in [-0.25, -0.2) is 4.79 Å². The van der Waals surface area contributed by atoms with E-state index in [0.29, 0.717) is 18.4 Å². The fourth-order valence-corrected chi connectivity index (χ4v) is 2.65. The van der Waals surface area contributed by atoms with E-state index in [-0.39, 0.29) is 13.2 Å². The highest BCUT2D eigenvalue weighted by atomic mass is 19.4. The zero-order valence-corrected chi connectivity index (χ0v) is 16.4. The molecule has 1 atom stereocenters. The van der Waals surface area contributed by atoms with Crippen LogP contribution in [0.4, 0.5) is 18.0 Å². The Bertz CT molecular complexity index is 693. The van der Waals surface area contributed by atoms with E-state index in [4.69, 9.17) is 10.5 Å². The van der Waals surface area contributed by atoms with Crippen LogP contribution in [-0.4, -0.2) is 42.0 Å². The summed E-state index contributed by atoms with van der Waals surface area (Å²) in [5, 5.41) is 2.36. The molecule has 1 aromatic rings. The number of benzene rings is 1. The molecule has 1 unspecified atom stereocenters. The Kier molecular flexibility index (Phi) is 9.43. The predicted octanol–water partition coefficient (Wildman–Crippen LogP) is 2.82. The molecule has 0 fully saturated rings. The summed E-state index contributed by atoms with van der Waals surface area (Å²) in [5.41, 5.74) is 4.72. The number of carbonyl (C=O) groups excluding carboxylic acids is 3. The second kappa shape index (κ2) is 11.3. The van der Waals surface area contributed by atoms with Crippen LogP contribution < -0.4 is 11.1 Å². The zero-order chi connectivity index (χ0) is 22.0. The van der Waals surface area contributed by atoms with Gasteiger partial charge in [-0.3, -0.25) is 9.59 Å². The number of esters is 1. The van der Waals surface area contributed by atoms with Crippen LogP contribution in [-0.2, 0) is 27.0 Å². The van der Waals surface area contributed by atoms with Gasteiger partial charge in [-0.1, -0.05) is 31.9 Å². The predicted molar refractivity (Wildman–Crippen MR) is 99.5 cm³/mol. The van der Waals surface area contributed by atoms with Crippen LogP contribution in [0.1, 0.15) is 44.2 Å². The average Bonchev–Trinajstić information content (AvgIpc) is 2.63. The van der Waals surface area contributed by atoms with E-state index in [0.717, 1.165) is 23.5 Å². The van der Waals surface area contributed by atoms with E-state index < -0.39 is 42.2 Å². The van der Waals surface area contributed by atoms with Gasteiger partial charge >= 0.3 is 18.2 Å². The van der Waals surface area contributed by atoms with Crippen molar-refractivity contribution >= 4 is 17.9 Å². The van der Waals surface area contributed by atoms with Gasteiger partial charge < -0.3 is 20.7 Å². The lowest BCUT2D eigenvalue weighted by Crippen LogP contribution is -2.51. The number of primary amides is 1. The summed E-state index contributed by atoms with van der Waals surface area (Å²) in [6, 6.07) is 2.44. The van der Waals surface area contributed by atoms with Gasteiger partial charge in [0.15, 0.2) is 0 Å². The number of carbonyl (C=O) groups is 3. The molecule has 0 saturated heterocycles. The first kappa shape index (κ1) is 24.3. The Hall–Kier alpha value is -2.78. The molecular weight excluding hydrogens is 391 g/mol. The number of ether oxygens (including phenoxy) is 1. The first-order valence-electron chi connectivity index (χ1n) is 9.25. The molecule has 0 bridgehead atoms. The van der Waals surface area contributed by atoms with Crippen LogP contribution >= 0.6 is 0 Å². The number of halogens is 3. The van der Waals surface area contributed by atoms with Crippen molar-refractivity contribution in [2.24, 2.45) is 5.73 Å². The van der Waals surface area contributed by atoms with E-state index in [9.17, 15) is 27.6 Å². The molecule has 0 spiro atoms. The van der Waals surface area contributed by atoms with Gasteiger partial charge in [-0.15, -0.1) is 0 Å². The summed E-state index contributed by atoms with van der Waals surface area (Å²) in [4.78, 5) is 37.2. The lowest BCUT2D eigenvalue weighted by molar-refractivity contribution is -0.150. The van der Waals surface area contributed by atoms with Crippen LogP contribution in [0.2, 0.25) is 0 Å². The SMILES string of the molecule is CCCCC(NC(N)=O)C(=O)N(CC(=O)OCC)Cc1ccc(C(F)(F)F)cc1. The maximum absolute atomic E-state index is 12.9. The Morgan fingerprint density at radius 1 is 1.17 bits per heavy atom. The van der Waals surface area contributed by atoms with Crippen molar-refractivity contribution in [3.63, 3.8) is 0 Å². The molecule has 0 radical (unpaired) electrons. The van der Waals surface area contributed by atoms with Gasteiger partial charge in [0.1, 0.15) is 12.6 Å². The van der Waals surface area contributed by atoms with Gasteiger partial charge in [0.25, 0.3) is 0 Å². The van der Waals surface area contributed by atoms with E-state index >= 15 is 0 Å². The number of rotatable bonds is 10. The maximum atomic E-state index is 12.9. The molecule has 0 aliphatic heterocycles. The minimum Gasteiger partial charge on any atom is -0.465 e. The number of nitrogens with one attached hydrogen (secondary N) is 1. The third-order valence-electron chi connectivity index (χ3n) is 4.05. The monoisotopic (exact) mass is 417 g/mol. The van der Waals surface area contributed by atoms with Gasteiger partial charge in [0.05, 0.1) is 12.2 Å². The van der Waals surface area contributed by atoms with Crippen LogP contribution in [0.3, 0.4) is 0 Å². The standard InChI is InChI=1S/C19H26F3N3O4/c1-3-5-6-15(24-18(23)28)17(27)25(12-16(26)29-4-2)11-13-7-9-14(10-8-13)19(20,21)22/h7-10,15H,3-6,11-12H2,1-2H3,(H3,23,24,28). The van der Waals surface area contributed by atoms with Crippen LogP contribution in [0.15, 0.2) is 24.3 Å². The summed E-state index contributed by atoms with van der Waals surface area (Å²) in [6.45, 7) is 3.10. The van der Waals surface area contributed by atoms with E-state index in [1.54, 1.807) is 6.92 Å². The van der Waals surface area contributed by atoms with Gasteiger partial charge in [-0.2, -0.15) is 13.2 Å². The third kappa shape index (κ3) is 8.41. The second-order valence-electron chi connectivity index (χ2n) is 6.40. The molecule has 0 aliphatic rings. The lowest BCUT2D eigenvalue weighted by Gasteiger charge is -2.27. The molecule has 1 rings (SSSR count). The highest BCUT2D eigenvalue weighted by molar-refractivity contribution is 5.89. The molecule has 0 saturated carbocycles. The first-order valence-corrected chi connectivity index (χ1v) is 9.25. The molecule has 29 heavy (non-hydrogen) atoms. The highest BCUT2D eigenvalue weighted by Gasteiger charge is 2.31. The van der Waals surface area contributed by atoms with Crippen molar-refractivity contribution in [1.29, 1.82) is 0 Å². The summed E-state index contributed by atoms with van der Waals surface area (Å²) in [6.07, 6.45) is -2.77. The second-order valence-corrected chi connectivity index (χ2v) is 6.40.